The third-order valence-electron chi connectivity index (χ3n) is 4.91. The average Bonchev–Trinajstić information content (AvgIpc) is 2.67. The van der Waals surface area contributed by atoms with Gasteiger partial charge in [0.2, 0.25) is 5.91 Å². The number of morpholine rings is 1. The lowest BCUT2D eigenvalue weighted by Gasteiger charge is -2.35. The van der Waals surface area contributed by atoms with Gasteiger partial charge in [-0.2, -0.15) is 13.2 Å². The summed E-state index contributed by atoms with van der Waals surface area (Å²) in [6.07, 6.45) is -3.27. The highest BCUT2D eigenvalue weighted by Gasteiger charge is 2.32. The van der Waals surface area contributed by atoms with Crippen molar-refractivity contribution in [3.8, 4) is 0 Å². The van der Waals surface area contributed by atoms with E-state index in [0.717, 1.165) is 12.1 Å². The van der Waals surface area contributed by atoms with E-state index in [2.05, 4.69) is 0 Å². The molecule has 0 atom stereocenters. The van der Waals surface area contributed by atoms with Crippen molar-refractivity contribution in [1.82, 2.24) is 9.80 Å². The molecule has 2 aliphatic rings. The van der Waals surface area contributed by atoms with Gasteiger partial charge in [0.1, 0.15) is 0 Å². The molecular weight excluding hydrogens is 349 g/mol. The summed E-state index contributed by atoms with van der Waals surface area (Å²) in [5.74, 6) is -0.296. The van der Waals surface area contributed by atoms with Crippen molar-refractivity contribution in [3.05, 3.63) is 35.4 Å². The van der Waals surface area contributed by atoms with Crippen LogP contribution in [0.5, 0.6) is 0 Å². The lowest BCUT2D eigenvalue weighted by molar-refractivity contribution is -0.141. The van der Waals surface area contributed by atoms with Gasteiger partial charge in [0.05, 0.1) is 18.8 Å². The van der Waals surface area contributed by atoms with Gasteiger partial charge in [-0.15, -0.1) is 0 Å². The first kappa shape index (κ1) is 18.7. The Kier molecular flexibility index (Phi) is 5.50. The number of rotatable bonds is 2. The number of piperidine rings is 1. The molecule has 0 spiro atoms. The zero-order valence-corrected chi connectivity index (χ0v) is 14.3. The summed E-state index contributed by atoms with van der Waals surface area (Å²) in [4.78, 5) is 28.4. The van der Waals surface area contributed by atoms with Crippen LogP contribution in [0.4, 0.5) is 13.2 Å². The number of likely N-dealkylation sites (tertiary alicyclic amines) is 1. The number of hydrogen-bond acceptors (Lipinski definition) is 3. The summed E-state index contributed by atoms with van der Waals surface area (Å²) in [5, 5.41) is 0. The molecule has 142 valence electrons. The maximum atomic E-state index is 12.6. The van der Waals surface area contributed by atoms with Crippen LogP contribution in [0.25, 0.3) is 0 Å². The molecule has 0 unspecified atom stereocenters. The number of ether oxygens (including phenoxy) is 1. The van der Waals surface area contributed by atoms with Crippen LogP contribution in [-0.4, -0.2) is 61.0 Å². The van der Waals surface area contributed by atoms with E-state index >= 15 is 0 Å². The number of nitrogens with zero attached hydrogens (tertiary/aromatic N) is 2. The maximum Gasteiger partial charge on any atom is 0.416 e. The van der Waals surface area contributed by atoms with Crippen molar-refractivity contribution in [3.63, 3.8) is 0 Å². The molecule has 0 N–H and O–H groups in total. The van der Waals surface area contributed by atoms with Crippen molar-refractivity contribution >= 4 is 11.8 Å². The Morgan fingerprint density at radius 3 is 2.04 bits per heavy atom. The van der Waals surface area contributed by atoms with Crippen LogP contribution < -0.4 is 0 Å². The number of amides is 2. The Morgan fingerprint density at radius 2 is 1.50 bits per heavy atom. The van der Waals surface area contributed by atoms with Crippen molar-refractivity contribution in [1.29, 1.82) is 0 Å². The van der Waals surface area contributed by atoms with Gasteiger partial charge in [0.15, 0.2) is 0 Å². The van der Waals surface area contributed by atoms with E-state index in [-0.39, 0.29) is 23.3 Å². The Bertz CT molecular complexity index is 647. The highest BCUT2D eigenvalue weighted by molar-refractivity contribution is 5.94. The van der Waals surface area contributed by atoms with E-state index in [4.69, 9.17) is 4.74 Å². The zero-order chi connectivity index (χ0) is 18.7. The molecule has 5 nitrogen and oxygen atoms in total. The number of benzene rings is 1. The summed E-state index contributed by atoms with van der Waals surface area (Å²) in [6, 6.07) is 4.25. The van der Waals surface area contributed by atoms with Crippen LogP contribution in [0, 0.1) is 5.92 Å². The fraction of sp³-hybridized carbons (Fsp3) is 0.556. The molecule has 0 bridgehead atoms. The largest absolute Gasteiger partial charge is 0.416 e. The molecule has 1 aromatic rings. The summed E-state index contributed by atoms with van der Waals surface area (Å²) in [6.45, 7) is 3.17. The minimum atomic E-state index is -4.42. The highest BCUT2D eigenvalue weighted by atomic mass is 19.4. The second-order valence-electron chi connectivity index (χ2n) is 6.58. The number of halogens is 3. The van der Waals surface area contributed by atoms with E-state index in [0.29, 0.717) is 52.2 Å². The minimum Gasteiger partial charge on any atom is -0.378 e. The predicted octanol–water partition coefficient (Wildman–Crippen LogP) is 2.42. The van der Waals surface area contributed by atoms with Crippen LogP contribution in [-0.2, 0) is 15.7 Å². The van der Waals surface area contributed by atoms with Crippen LogP contribution in [0.15, 0.2) is 24.3 Å². The maximum absolute atomic E-state index is 12.6. The third-order valence-corrected chi connectivity index (χ3v) is 4.91. The van der Waals surface area contributed by atoms with Crippen molar-refractivity contribution < 1.29 is 27.5 Å². The molecule has 2 heterocycles. The van der Waals surface area contributed by atoms with Crippen molar-refractivity contribution in [2.75, 3.05) is 39.4 Å². The van der Waals surface area contributed by atoms with Gasteiger partial charge in [0.25, 0.3) is 5.91 Å². The van der Waals surface area contributed by atoms with E-state index in [1.54, 1.807) is 4.90 Å². The van der Waals surface area contributed by atoms with E-state index in [1.165, 1.54) is 12.1 Å². The normalized spacial score (nSPS) is 19.5. The molecule has 2 fully saturated rings. The second kappa shape index (κ2) is 7.65. The van der Waals surface area contributed by atoms with E-state index in [9.17, 15) is 22.8 Å². The zero-order valence-electron chi connectivity index (χ0n) is 14.3. The lowest BCUT2D eigenvalue weighted by atomic mass is 9.94. The summed E-state index contributed by atoms with van der Waals surface area (Å²) in [5.41, 5.74) is -0.542. The molecule has 2 amide bonds. The molecule has 8 heteroatoms. The van der Waals surface area contributed by atoms with Gasteiger partial charge in [-0.25, -0.2) is 0 Å². The predicted molar refractivity (Wildman–Crippen MR) is 87.5 cm³/mol. The second-order valence-corrected chi connectivity index (χ2v) is 6.58. The average molecular weight is 370 g/mol. The fourth-order valence-electron chi connectivity index (χ4n) is 3.36. The summed E-state index contributed by atoms with van der Waals surface area (Å²) in [7, 11) is 0. The lowest BCUT2D eigenvalue weighted by Crippen LogP contribution is -2.47. The Morgan fingerprint density at radius 1 is 0.923 bits per heavy atom. The number of hydrogen-bond donors (Lipinski definition) is 0. The minimum absolute atomic E-state index is 0.106. The van der Waals surface area contributed by atoms with Crippen LogP contribution >= 0.6 is 0 Å². The number of carbonyl (C=O) groups excluding carboxylic acids is 2. The smallest absolute Gasteiger partial charge is 0.378 e. The van der Waals surface area contributed by atoms with Gasteiger partial charge in [-0.05, 0) is 37.1 Å². The first-order valence-corrected chi connectivity index (χ1v) is 8.69. The van der Waals surface area contributed by atoms with Crippen LogP contribution in [0.2, 0.25) is 0 Å². The summed E-state index contributed by atoms with van der Waals surface area (Å²) >= 11 is 0. The van der Waals surface area contributed by atoms with Gasteiger partial charge in [-0.1, -0.05) is 0 Å². The monoisotopic (exact) mass is 370 g/mol. The molecule has 1 aromatic carbocycles. The standard InChI is InChI=1S/C18H21F3N2O3/c19-18(20,21)15-3-1-13(2-4-15)16(24)22-7-5-14(6-8-22)17(25)23-9-11-26-12-10-23/h1-4,14H,5-12H2. The number of carbonyl (C=O) groups is 2. The molecule has 2 aliphatic heterocycles. The molecule has 3 rings (SSSR count). The first-order valence-electron chi connectivity index (χ1n) is 8.69. The van der Waals surface area contributed by atoms with Crippen LogP contribution in [0.1, 0.15) is 28.8 Å². The van der Waals surface area contributed by atoms with Gasteiger partial charge in [0, 0.05) is 37.7 Å². The quantitative estimate of drug-likeness (QED) is 0.803. The topological polar surface area (TPSA) is 49.9 Å². The van der Waals surface area contributed by atoms with Gasteiger partial charge >= 0.3 is 6.18 Å². The Hall–Kier alpha value is -2.09. The van der Waals surface area contributed by atoms with E-state index < -0.39 is 11.7 Å². The first-order chi connectivity index (χ1) is 12.4. The third kappa shape index (κ3) is 4.17. The van der Waals surface area contributed by atoms with Gasteiger partial charge in [-0.3, -0.25) is 9.59 Å². The molecule has 2 saturated heterocycles. The molecular formula is C18H21F3N2O3. The van der Waals surface area contributed by atoms with Crippen LogP contribution in [0.3, 0.4) is 0 Å². The molecule has 0 radical (unpaired) electrons. The van der Waals surface area contributed by atoms with Gasteiger partial charge < -0.3 is 14.5 Å². The highest BCUT2D eigenvalue weighted by Crippen LogP contribution is 2.29. The summed E-state index contributed by atoms with van der Waals surface area (Å²) < 4.78 is 43.1. The van der Waals surface area contributed by atoms with Crippen molar-refractivity contribution in [2.24, 2.45) is 5.92 Å². The Labute approximate surface area is 149 Å². The fourth-order valence-corrected chi connectivity index (χ4v) is 3.36. The molecule has 26 heavy (non-hydrogen) atoms. The van der Waals surface area contributed by atoms with E-state index in [1.807, 2.05) is 4.90 Å². The Balaban J connectivity index is 1.55. The van der Waals surface area contributed by atoms with Crippen molar-refractivity contribution in [2.45, 2.75) is 19.0 Å². The SMILES string of the molecule is O=C(c1ccc(C(F)(F)F)cc1)N1CCC(C(=O)N2CCOCC2)CC1. The molecule has 0 saturated carbocycles. The molecule has 0 aliphatic carbocycles. The molecule has 0 aromatic heterocycles. The number of alkyl halides is 3.